The predicted octanol–water partition coefficient (Wildman–Crippen LogP) is 1.33. The van der Waals surface area contributed by atoms with Gasteiger partial charge < -0.3 is 15.1 Å². The lowest BCUT2D eigenvalue weighted by molar-refractivity contribution is -0.138. The molecule has 6 nitrogen and oxygen atoms in total. The highest BCUT2D eigenvalue weighted by Crippen LogP contribution is 2.36. The Labute approximate surface area is 119 Å². The second-order valence-electron chi connectivity index (χ2n) is 5.06. The summed E-state index contributed by atoms with van der Waals surface area (Å²) in [7, 11) is 0. The lowest BCUT2D eigenvalue weighted by Crippen LogP contribution is -2.36. The summed E-state index contributed by atoms with van der Waals surface area (Å²) in [6.45, 7) is 4.29. The number of aliphatic carboxylic acids is 1. The molecular weight excluding hydrogens is 278 g/mol. The van der Waals surface area contributed by atoms with Crippen LogP contribution in [0.3, 0.4) is 0 Å². The topological polar surface area (TPSA) is 86.5 Å². The molecule has 0 spiro atoms. The van der Waals surface area contributed by atoms with Crippen molar-refractivity contribution < 1.29 is 15.0 Å². The zero-order valence-corrected chi connectivity index (χ0v) is 12.0. The monoisotopic (exact) mass is 293 g/mol. The van der Waals surface area contributed by atoms with Crippen molar-refractivity contribution in [3.63, 3.8) is 0 Å². The standard InChI is InChI=1S/C13H15N3O3S/c1-6-7(2)20-12-10(6)11(14-5-15-12)16-4-8(17)3-9(16)13(18)19/h5,8-9,17H,3-4H2,1-2H3,(H,18,19). The summed E-state index contributed by atoms with van der Waals surface area (Å²) in [6, 6.07) is -0.734. The summed E-state index contributed by atoms with van der Waals surface area (Å²) in [5.74, 6) is -0.321. The first kappa shape index (κ1) is 13.3. The third kappa shape index (κ3) is 1.94. The Morgan fingerprint density at radius 2 is 2.20 bits per heavy atom. The number of hydrogen-bond acceptors (Lipinski definition) is 6. The molecule has 1 fully saturated rings. The fourth-order valence-electron chi connectivity index (χ4n) is 2.66. The van der Waals surface area contributed by atoms with Gasteiger partial charge in [0.25, 0.3) is 0 Å². The van der Waals surface area contributed by atoms with E-state index in [0.29, 0.717) is 5.82 Å². The average Bonchev–Trinajstić information content (AvgIpc) is 2.91. The van der Waals surface area contributed by atoms with Crippen molar-refractivity contribution in [2.45, 2.75) is 32.4 Å². The maximum Gasteiger partial charge on any atom is 0.326 e. The van der Waals surface area contributed by atoms with Crippen LogP contribution >= 0.6 is 11.3 Å². The maximum absolute atomic E-state index is 11.4. The SMILES string of the molecule is Cc1sc2ncnc(N3CC(O)CC3C(=O)O)c2c1C. The second-order valence-corrected chi connectivity index (χ2v) is 6.26. The summed E-state index contributed by atoms with van der Waals surface area (Å²) < 4.78 is 0. The highest BCUT2D eigenvalue weighted by Gasteiger charge is 2.38. The van der Waals surface area contributed by atoms with Gasteiger partial charge in [0.1, 0.15) is 23.0 Å². The molecule has 2 aromatic rings. The average molecular weight is 293 g/mol. The first-order valence-corrected chi connectivity index (χ1v) is 7.19. The van der Waals surface area contributed by atoms with Gasteiger partial charge in [-0.25, -0.2) is 14.8 Å². The smallest absolute Gasteiger partial charge is 0.326 e. The fourth-order valence-corrected chi connectivity index (χ4v) is 3.66. The second kappa shape index (κ2) is 4.68. The third-order valence-corrected chi connectivity index (χ3v) is 4.90. The number of carboxylic acid groups (broad SMARTS) is 1. The minimum Gasteiger partial charge on any atom is -0.480 e. The minimum absolute atomic E-state index is 0.225. The summed E-state index contributed by atoms with van der Waals surface area (Å²) in [4.78, 5) is 23.6. The van der Waals surface area contributed by atoms with Gasteiger partial charge in [0, 0.05) is 17.8 Å². The van der Waals surface area contributed by atoms with Crippen molar-refractivity contribution in [1.29, 1.82) is 0 Å². The molecule has 0 radical (unpaired) electrons. The lowest BCUT2D eigenvalue weighted by atomic mass is 10.2. The lowest BCUT2D eigenvalue weighted by Gasteiger charge is -2.22. The van der Waals surface area contributed by atoms with Gasteiger partial charge in [0.05, 0.1) is 11.5 Å². The van der Waals surface area contributed by atoms with E-state index >= 15 is 0 Å². The summed E-state index contributed by atoms with van der Waals surface area (Å²) in [6.07, 6.45) is 1.04. The molecule has 0 saturated carbocycles. The molecule has 2 unspecified atom stereocenters. The van der Waals surface area contributed by atoms with E-state index in [9.17, 15) is 15.0 Å². The first-order chi connectivity index (χ1) is 9.49. The van der Waals surface area contributed by atoms with Crippen molar-refractivity contribution in [2.75, 3.05) is 11.4 Å². The highest BCUT2D eigenvalue weighted by molar-refractivity contribution is 7.18. The van der Waals surface area contributed by atoms with Gasteiger partial charge in [-0.1, -0.05) is 0 Å². The number of fused-ring (bicyclic) bond motifs is 1. The van der Waals surface area contributed by atoms with Gasteiger partial charge in [-0.15, -0.1) is 11.3 Å². The summed E-state index contributed by atoms with van der Waals surface area (Å²) in [5, 5.41) is 20.0. The van der Waals surface area contributed by atoms with Crippen LogP contribution in [0.25, 0.3) is 10.2 Å². The molecule has 7 heteroatoms. The van der Waals surface area contributed by atoms with E-state index in [1.165, 1.54) is 6.33 Å². The number of carbonyl (C=O) groups is 1. The van der Waals surface area contributed by atoms with E-state index in [2.05, 4.69) is 9.97 Å². The van der Waals surface area contributed by atoms with Crippen LogP contribution in [0.15, 0.2) is 6.33 Å². The fraction of sp³-hybridized carbons (Fsp3) is 0.462. The Morgan fingerprint density at radius 1 is 1.45 bits per heavy atom. The molecular formula is C13H15N3O3S. The number of anilines is 1. The third-order valence-electron chi connectivity index (χ3n) is 3.78. The van der Waals surface area contributed by atoms with Crippen molar-refractivity contribution in [2.24, 2.45) is 0 Å². The zero-order valence-electron chi connectivity index (χ0n) is 11.2. The van der Waals surface area contributed by atoms with E-state index in [1.807, 2.05) is 13.8 Å². The highest BCUT2D eigenvalue weighted by atomic mass is 32.1. The molecule has 3 rings (SSSR count). The molecule has 1 aliphatic rings. The minimum atomic E-state index is -0.932. The first-order valence-electron chi connectivity index (χ1n) is 6.37. The van der Waals surface area contributed by atoms with Crippen LogP contribution in [-0.4, -0.2) is 44.8 Å². The Bertz CT molecular complexity index is 685. The number of aliphatic hydroxyl groups excluding tert-OH is 1. The zero-order chi connectivity index (χ0) is 14.4. The molecule has 1 aliphatic heterocycles. The Hall–Kier alpha value is -1.73. The van der Waals surface area contributed by atoms with E-state index < -0.39 is 18.1 Å². The maximum atomic E-state index is 11.4. The number of carboxylic acids is 1. The number of aromatic nitrogens is 2. The van der Waals surface area contributed by atoms with Gasteiger partial charge in [-0.2, -0.15) is 0 Å². The van der Waals surface area contributed by atoms with E-state index in [4.69, 9.17) is 0 Å². The molecule has 0 bridgehead atoms. The van der Waals surface area contributed by atoms with Gasteiger partial charge in [0.2, 0.25) is 0 Å². The summed E-state index contributed by atoms with van der Waals surface area (Å²) in [5.41, 5.74) is 1.08. The van der Waals surface area contributed by atoms with Crippen LogP contribution in [0.2, 0.25) is 0 Å². The van der Waals surface area contributed by atoms with Crippen molar-refractivity contribution >= 4 is 33.3 Å². The predicted molar refractivity (Wildman–Crippen MR) is 76.3 cm³/mol. The normalized spacial score (nSPS) is 22.6. The quantitative estimate of drug-likeness (QED) is 0.868. The Kier molecular flexibility index (Phi) is 3.10. The molecule has 3 heterocycles. The van der Waals surface area contributed by atoms with E-state index in [0.717, 1.165) is 20.7 Å². The molecule has 2 atom stereocenters. The number of aliphatic hydroxyl groups is 1. The molecule has 2 N–H and O–H groups in total. The number of hydrogen-bond donors (Lipinski definition) is 2. The van der Waals surface area contributed by atoms with Crippen LogP contribution in [0.5, 0.6) is 0 Å². The molecule has 0 amide bonds. The number of thiophene rings is 1. The van der Waals surface area contributed by atoms with E-state index in [1.54, 1.807) is 16.2 Å². The van der Waals surface area contributed by atoms with E-state index in [-0.39, 0.29) is 13.0 Å². The molecule has 2 aromatic heterocycles. The van der Waals surface area contributed by atoms with Crippen LogP contribution < -0.4 is 4.90 Å². The summed E-state index contributed by atoms with van der Waals surface area (Å²) >= 11 is 1.57. The number of β-amino-alcohol motifs (C(OH)–C–C–N with tert-alkyl or cyclic N) is 1. The Balaban J connectivity index is 2.16. The van der Waals surface area contributed by atoms with Crippen molar-refractivity contribution in [3.05, 3.63) is 16.8 Å². The van der Waals surface area contributed by atoms with Crippen molar-refractivity contribution in [1.82, 2.24) is 9.97 Å². The largest absolute Gasteiger partial charge is 0.480 e. The van der Waals surface area contributed by atoms with Crippen LogP contribution in [0, 0.1) is 13.8 Å². The Morgan fingerprint density at radius 3 is 2.90 bits per heavy atom. The van der Waals surface area contributed by atoms with Crippen LogP contribution in [0.4, 0.5) is 5.82 Å². The molecule has 0 aliphatic carbocycles. The molecule has 106 valence electrons. The molecule has 20 heavy (non-hydrogen) atoms. The van der Waals surface area contributed by atoms with Crippen molar-refractivity contribution in [3.8, 4) is 0 Å². The number of aryl methyl sites for hydroxylation is 2. The molecule has 1 saturated heterocycles. The number of nitrogens with zero attached hydrogens (tertiary/aromatic N) is 3. The molecule has 0 aromatic carbocycles. The number of rotatable bonds is 2. The van der Waals surface area contributed by atoms with Gasteiger partial charge in [-0.05, 0) is 19.4 Å². The van der Waals surface area contributed by atoms with Gasteiger partial charge >= 0.3 is 5.97 Å². The van der Waals surface area contributed by atoms with Crippen LogP contribution in [0.1, 0.15) is 16.9 Å². The van der Waals surface area contributed by atoms with Crippen LogP contribution in [-0.2, 0) is 4.79 Å². The van der Waals surface area contributed by atoms with Gasteiger partial charge in [-0.3, -0.25) is 0 Å². The van der Waals surface area contributed by atoms with Gasteiger partial charge in [0.15, 0.2) is 0 Å².